The van der Waals surface area contributed by atoms with Crippen LogP contribution in [0, 0.1) is 24.2 Å². The number of benzene rings is 2. The average molecular weight is 833 g/mol. The minimum Gasteiger partial charge on any atom is -0.495 e. The van der Waals surface area contributed by atoms with E-state index in [0.29, 0.717) is 28.4 Å². The summed E-state index contributed by atoms with van der Waals surface area (Å²) in [5, 5.41) is 25.9. The third-order valence-corrected chi connectivity index (χ3v) is 10.8. The largest absolute Gasteiger partial charge is 0.495 e. The number of likely N-dealkylation sites (tertiary alicyclic amines) is 1. The third-order valence-electron chi connectivity index (χ3n) is 9.80. The predicted octanol–water partition coefficient (Wildman–Crippen LogP) is 4.73. The molecule has 6 rings (SSSR count). The monoisotopic (exact) mass is 832 g/mol. The third kappa shape index (κ3) is 11.0. The number of methoxy groups -OCH3 is 1. The van der Waals surface area contributed by atoms with Crippen LogP contribution in [-0.2, 0) is 25.7 Å². The first-order valence-electron chi connectivity index (χ1n) is 19.4. The van der Waals surface area contributed by atoms with Crippen LogP contribution >= 0.6 is 11.3 Å². The molecule has 1 aliphatic heterocycles. The van der Waals surface area contributed by atoms with Gasteiger partial charge in [-0.2, -0.15) is 5.10 Å². The Hall–Kier alpha value is -6.41. The molecule has 5 N–H and O–H groups in total. The molecule has 0 aliphatic carbocycles. The van der Waals surface area contributed by atoms with Gasteiger partial charge in [-0.3, -0.25) is 24.3 Å². The summed E-state index contributed by atoms with van der Waals surface area (Å²) < 4.78 is 11.1. The van der Waals surface area contributed by atoms with Crippen LogP contribution in [0.4, 0.5) is 5.69 Å². The smallest absolute Gasteiger partial charge is 0.274 e. The molecule has 0 radical (unpaired) electrons. The number of carbonyl (C=O) groups is 4. The summed E-state index contributed by atoms with van der Waals surface area (Å²) in [4.78, 5) is 64.6. The van der Waals surface area contributed by atoms with Crippen molar-refractivity contribution in [3.8, 4) is 39.4 Å². The Labute approximate surface area is 352 Å². The van der Waals surface area contributed by atoms with Crippen molar-refractivity contribution in [2.45, 2.75) is 65.3 Å². The van der Waals surface area contributed by atoms with Crippen LogP contribution in [0.1, 0.15) is 60.9 Å². The quantitative estimate of drug-likeness (QED) is 0.0770. The average Bonchev–Trinajstić information content (AvgIpc) is 4.02. The second kappa shape index (κ2) is 19.6. The van der Waals surface area contributed by atoms with Crippen LogP contribution in [0.2, 0.25) is 0 Å². The first kappa shape index (κ1) is 43.2. The second-order valence-electron chi connectivity index (χ2n) is 15.3. The Morgan fingerprint density at radius 2 is 1.88 bits per heavy atom. The number of aryl methyl sites for hydroxylation is 1. The lowest BCUT2D eigenvalue weighted by atomic mass is 9.85. The van der Waals surface area contributed by atoms with E-state index in [0.717, 1.165) is 21.7 Å². The Bertz CT molecular complexity index is 2360. The Morgan fingerprint density at radius 1 is 1.08 bits per heavy atom. The van der Waals surface area contributed by atoms with E-state index in [2.05, 4.69) is 48.0 Å². The van der Waals surface area contributed by atoms with Gasteiger partial charge in [0.1, 0.15) is 30.1 Å². The zero-order valence-corrected chi connectivity index (χ0v) is 34.9. The summed E-state index contributed by atoms with van der Waals surface area (Å²) in [5.74, 6) is 4.67. The van der Waals surface area contributed by atoms with Crippen LogP contribution in [-0.4, -0.2) is 98.9 Å². The molecule has 4 heterocycles. The molecule has 0 saturated carbocycles. The summed E-state index contributed by atoms with van der Waals surface area (Å²) in [5.41, 5.74) is 6.55. The van der Waals surface area contributed by atoms with Gasteiger partial charge in [0.05, 0.1) is 59.4 Å². The van der Waals surface area contributed by atoms with Gasteiger partial charge in [0.2, 0.25) is 17.7 Å². The van der Waals surface area contributed by atoms with E-state index in [1.165, 1.54) is 12.0 Å². The van der Waals surface area contributed by atoms with Crippen LogP contribution in [0.5, 0.6) is 5.75 Å². The van der Waals surface area contributed by atoms with Crippen molar-refractivity contribution < 1.29 is 33.8 Å². The first-order valence-corrected chi connectivity index (χ1v) is 20.3. The van der Waals surface area contributed by atoms with Crippen LogP contribution in [0.3, 0.4) is 0 Å². The minimum absolute atomic E-state index is 0.0213. The van der Waals surface area contributed by atoms with Gasteiger partial charge in [-0.05, 0) is 59.9 Å². The maximum absolute atomic E-state index is 14.0. The maximum atomic E-state index is 14.0. The predicted molar refractivity (Wildman–Crippen MR) is 227 cm³/mol. The lowest BCUT2D eigenvalue weighted by Crippen LogP contribution is -2.57. The van der Waals surface area contributed by atoms with Gasteiger partial charge in [0.25, 0.3) is 5.91 Å². The number of nitrogens with zero attached hydrogens (tertiary/aromatic N) is 4. The summed E-state index contributed by atoms with van der Waals surface area (Å²) in [6.45, 7) is 7.76. The van der Waals surface area contributed by atoms with Gasteiger partial charge in [-0.25, -0.2) is 9.97 Å². The van der Waals surface area contributed by atoms with Crippen molar-refractivity contribution in [1.29, 1.82) is 0 Å². The van der Waals surface area contributed by atoms with E-state index in [1.807, 2.05) is 57.5 Å². The number of anilines is 1. The molecule has 2 aromatic carbocycles. The van der Waals surface area contributed by atoms with E-state index < -0.39 is 41.3 Å². The molecule has 15 nitrogen and oxygen atoms in total. The van der Waals surface area contributed by atoms with Crippen molar-refractivity contribution in [2.24, 2.45) is 5.41 Å². The number of aromatic amines is 1. The highest BCUT2D eigenvalue weighted by molar-refractivity contribution is 7.13. The number of hydrogen-bond donors (Lipinski definition) is 5. The molecule has 312 valence electrons. The highest BCUT2D eigenvalue weighted by Gasteiger charge is 2.44. The number of aliphatic hydroxyl groups excluding tert-OH is 1. The molecule has 3 atom stereocenters. The summed E-state index contributed by atoms with van der Waals surface area (Å²) >= 11 is 1.57. The Kier molecular flexibility index (Phi) is 14.1. The van der Waals surface area contributed by atoms with Gasteiger partial charge >= 0.3 is 0 Å². The van der Waals surface area contributed by atoms with Gasteiger partial charge in [-0.15, -0.1) is 11.3 Å². The Balaban J connectivity index is 0.969. The van der Waals surface area contributed by atoms with Gasteiger partial charge in [-0.1, -0.05) is 62.9 Å². The topological polar surface area (TPSA) is 201 Å². The summed E-state index contributed by atoms with van der Waals surface area (Å²) in [6.07, 6.45) is 0.791. The number of hydrogen-bond acceptors (Lipinski definition) is 11. The van der Waals surface area contributed by atoms with Crippen molar-refractivity contribution in [3.05, 3.63) is 101 Å². The number of nitrogens with one attached hydrogen (secondary N) is 4. The van der Waals surface area contributed by atoms with Crippen LogP contribution < -0.4 is 20.7 Å². The van der Waals surface area contributed by atoms with Crippen molar-refractivity contribution in [3.63, 3.8) is 0 Å². The summed E-state index contributed by atoms with van der Waals surface area (Å²) in [7, 11) is 1.49. The number of aromatic nitrogens is 4. The number of H-pyrrole nitrogens is 1. The van der Waals surface area contributed by atoms with Crippen LogP contribution in [0.15, 0.2) is 78.4 Å². The molecule has 1 aliphatic rings. The molecule has 1 saturated heterocycles. The van der Waals surface area contributed by atoms with Gasteiger partial charge in [0.15, 0.2) is 0 Å². The number of thiazole rings is 1. The molecule has 5 aromatic rings. The second-order valence-corrected chi connectivity index (χ2v) is 16.2. The van der Waals surface area contributed by atoms with E-state index in [-0.39, 0.29) is 50.7 Å². The number of rotatable bonds is 14. The van der Waals surface area contributed by atoms with Crippen molar-refractivity contribution >= 4 is 40.7 Å². The van der Waals surface area contributed by atoms with Crippen LogP contribution in [0.25, 0.3) is 21.8 Å². The van der Waals surface area contributed by atoms with Gasteiger partial charge < -0.3 is 35.4 Å². The molecule has 0 bridgehead atoms. The number of amides is 4. The molecule has 4 amide bonds. The number of β-amino-alcohol motifs (C(OH)–C–C–N with tert-alkyl or cyclic N) is 1. The van der Waals surface area contributed by atoms with Gasteiger partial charge in [0, 0.05) is 31.3 Å². The fourth-order valence-corrected chi connectivity index (χ4v) is 7.42. The standard InChI is InChI=1S/C44H48N8O7S/c1-27-39(60-26-46-27)30-14-11-29(12-15-30)24-45-42(56)36-23-31(53)25-52(36)43(57)40(44(2,3)4)50-38(54)18-21-59-20-7-8-28-13-16-34(37(22-28)58-5)49-41(55)35-10-6-9-32(48-35)33-17-19-47-51-33/h6,9-17,19,22,26,31,36,40,53H,18,20-21,23-25H2,1-5H3,(H,45,56)(H,47,51)(H,49,55)(H,50,54)/t31-,36+,40-/m1/s1. The molecule has 3 aromatic heterocycles. The molecular formula is C44H48N8O7S. The zero-order chi connectivity index (χ0) is 42.8. The maximum Gasteiger partial charge on any atom is 0.274 e. The SMILES string of the molecule is COc1cc(C#CCOCCC(=O)N[C@H](C(=O)N2C[C@H](O)C[C@H]2C(=O)NCc2ccc(-c3scnc3C)cc2)C(C)(C)C)ccc1NC(=O)c1cccc(-c2ccn[nH]2)n1. The molecule has 1 fully saturated rings. The molecular weight excluding hydrogens is 785 g/mol. The first-order chi connectivity index (χ1) is 28.8. The molecule has 16 heteroatoms. The normalized spacial score (nSPS) is 15.4. The Morgan fingerprint density at radius 3 is 2.58 bits per heavy atom. The molecule has 0 spiro atoms. The molecule has 0 unspecified atom stereocenters. The van der Waals surface area contributed by atoms with E-state index in [4.69, 9.17) is 9.47 Å². The van der Waals surface area contributed by atoms with E-state index in [1.54, 1.807) is 60.0 Å². The lowest BCUT2D eigenvalue weighted by Gasteiger charge is -2.35. The number of ether oxygens (including phenoxy) is 2. The highest BCUT2D eigenvalue weighted by Crippen LogP contribution is 2.29. The summed E-state index contributed by atoms with van der Waals surface area (Å²) in [6, 6.07) is 18.0. The minimum atomic E-state index is -0.959. The number of aliphatic hydroxyl groups is 1. The van der Waals surface area contributed by atoms with Crippen molar-refractivity contribution in [2.75, 3.05) is 32.2 Å². The number of carbonyl (C=O) groups excluding carboxylic acids is 4. The number of pyridine rings is 1. The zero-order valence-electron chi connectivity index (χ0n) is 34.1. The lowest BCUT2D eigenvalue weighted by molar-refractivity contribution is -0.144. The molecule has 60 heavy (non-hydrogen) atoms. The van der Waals surface area contributed by atoms with E-state index >= 15 is 0 Å². The van der Waals surface area contributed by atoms with E-state index in [9.17, 15) is 24.3 Å². The fourth-order valence-electron chi connectivity index (χ4n) is 6.61. The highest BCUT2D eigenvalue weighted by atomic mass is 32.1. The fraction of sp³-hybridized carbons (Fsp3) is 0.341. The van der Waals surface area contributed by atoms with Crippen molar-refractivity contribution in [1.82, 2.24) is 35.7 Å².